The van der Waals surface area contributed by atoms with Gasteiger partial charge in [0, 0.05) is 23.4 Å². The molecule has 0 aliphatic rings. The lowest BCUT2D eigenvalue weighted by Gasteiger charge is -2.07. The first-order valence-electron chi connectivity index (χ1n) is 5.79. The fraction of sp³-hybridized carbons (Fsp3) is 0.214. The van der Waals surface area contributed by atoms with Crippen LogP contribution in [-0.4, -0.2) is 11.5 Å². The average molecular weight is 309 g/mol. The molecule has 0 fully saturated rings. The molecule has 0 aliphatic heterocycles. The van der Waals surface area contributed by atoms with Crippen LogP contribution >= 0.6 is 15.9 Å². The van der Waals surface area contributed by atoms with Crippen LogP contribution in [-0.2, 0) is 13.0 Å². The maximum atomic E-state index is 13.1. The van der Waals surface area contributed by atoms with Crippen molar-refractivity contribution in [1.82, 2.24) is 10.3 Å². The molecule has 1 aromatic heterocycles. The van der Waals surface area contributed by atoms with Crippen LogP contribution in [0.1, 0.15) is 11.1 Å². The summed E-state index contributed by atoms with van der Waals surface area (Å²) in [6.45, 7) is 1.51. The minimum atomic E-state index is -0.205. The lowest BCUT2D eigenvalue weighted by Crippen LogP contribution is -2.17. The van der Waals surface area contributed by atoms with Crippen LogP contribution < -0.4 is 5.32 Å². The molecule has 2 aromatic rings. The Labute approximate surface area is 114 Å². The van der Waals surface area contributed by atoms with Crippen LogP contribution in [0.25, 0.3) is 0 Å². The molecule has 0 spiro atoms. The van der Waals surface area contributed by atoms with Gasteiger partial charge in [-0.1, -0.05) is 15.9 Å². The van der Waals surface area contributed by atoms with Crippen molar-refractivity contribution in [2.24, 2.45) is 0 Å². The van der Waals surface area contributed by atoms with Gasteiger partial charge < -0.3 is 5.32 Å². The Morgan fingerprint density at radius 2 is 1.94 bits per heavy atom. The molecule has 0 aliphatic carbocycles. The number of aromatic nitrogens is 1. The zero-order chi connectivity index (χ0) is 12.8. The lowest BCUT2D eigenvalue weighted by molar-refractivity contribution is 0.619. The van der Waals surface area contributed by atoms with E-state index >= 15 is 0 Å². The first kappa shape index (κ1) is 13.2. The van der Waals surface area contributed by atoms with Crippen LogP contribution in [0, 0.1) is 5.82 Å². The maximum absolute atomic E-state index is 13.1. The van der Waals surface area contributed by atoms with Crippen molar-refractivity contribution in [1.29, 1.82) is 0 Å². The molecule has 1 heterocycles. The molecule has 0 atom stereocenters. The zero-order valence-electron chi connectivity index (χ0n) is 9.87. The predicted octanol–water partition coefficient (Wildman–Crippen LogP) is 3.32. The zero-order valence-corrected chi connectivity index (χ0v) is 11.5. The molecule has 18 heavy (non-hydrogen) atoms. The summed E-state index contributed by atoms with van der Waals surface area (Å²) in [5, 5.41) is 3.30. The van der Waals surface area contributed by atoms with Crippen molar-refractivity contribution >= 4 is 15.9 Å². The summed E-state index contributed by atoms with van der Waals surface area (Å²) in [7, 11) is 0. The molecule has 4 heteroatoms. The second-order valence-electron chi connectivity index (χ2n) is 4.02. The summed E-state index contributed by atoms with van der Waals surface area (Å²) in [5.41, 5.74) is 2.18. The number of nitrogens with one attached hydrogen (secondary N) is 1. The Morgan fingerprint density at radius 3 is 2.72 bits per heavy atom. The van der Waals surface area contributed by atoms with Crippen molar-refractivity contribution in [2.45, 2.75) is 13.0 Å². The van der Waals surface area contributed by atoms with E-state index in [1.165, 1.54) is 11.6 Å². The minimum Gasteiger partial charge on any atom is -0.312 e. The summed E-state index contributed by atoms with van der Waals surface area (Å²) in [6, 6.07) is 8.73. The highest BCUT2D eigenvalue weighted by Crippen LogP contribution is 2.17. The largest absolute Gasteiger partial charge is 0.312 e. The van der Waals surface area contributed by atoms with Gasteiger partial charge in [-0.25, -0.2) is 4.39 Å². The smallest absolute Gasteiger partial charge is 0.123 e. The molecule has 0 bridgehead atoms. The molecule has 2 nitrogen and oxygen atoms in total. The topological polar surface area (TPSA) is 24.9 Å². The van der Waals surface area contributed by atoms with E-state index in [9.17, 15) is 4.39 Å². The van der Waals surface area contributed by atoms with Gasteiger partial charge in [0.1, 0.15) is 5.82 Å². The number of pyridine rings is 1. The first-order chi connectivity index (χ1) is 8.75. The van der Waals surface area contributed by atoms with Crippen LogP contribution in [0.2, 0.25) is 0 Å². The van der Waals surface area contributed by atoms with E-state index in [0.717, 1.165) is 23.0 Å². The molecule has 0 saturated heterocycles. The molecule has 2 rings (SSSR count). The quantitative estimate of drug-likeness (QED) is 0.857. The van der Waals surface area contributed by atoms with Crippen molar-refractivity contribution < 1.29 is 4.39 Å². The van der Waals surface area contributed by atoms with Gasteiger partial charge in [-0.2, -0.15) is 0 Å². The fourth-order valence-electron chi connectivity index (χ4n) is 1.68. The standard InChI is InChI=1S/C14H14BrFN2/c15-14-2-1-13(16)9-12(14)10-18-8-5-11-3-6-17-7-4-11/h1-4,6-7,9,18H,5,8,10H2. The second kappa shape index (κ2) is 6.61. The van der Waals surface area contributed by atoms with Crippen LogP contribution in [0.5, 0.6) is 0 Å². The van der Waals surface area contributed by atoms with Crippen molar-refractivity contribution in [3.8, 4) is 0 Å². The van der Waals surface area contributed by atoms with Crippen molar-refractivity contribution in [3.63, 3.8) is 0 Å². The summed E-state index contributed by atoms with van der Waals surface area (Å²) in [6.07, 6.45) is 4.52. The van der Waals surface area contributed by atoms with E-state index in [0.29, 0.717) is 6.54 Å². The molecule has 0 radical (unpaired) electrons. The number of benzene rings is 1. The Hall–Kier alpha value is -1.26. The first-order valence-corrected chi connectivity index (χ1v) is 6.58. The molecule has 0 unspecified atom stereocenters. The van der Waals surface area contributed by atoms with Gasteiger partial charge in [-0.3, -0.25) is 4.98 Å². The number of hydrogen-bond acceptors (Lipinski definition) is 2. The Kier molecular flexibility index (Phi) is 4.84. The van der Waals surface area contributed by atoms with Crippen LogP contribution in [0.15, 0.2) is 47.2 Å². The molecule has 0 amide bonds. The van der Waals surface area contributed by atoms with Gasteiger partial charge in [-0.05, 0) is 54.4 Å². The molecule has 0 saturated carbocycles. The summed E-state index contributed by atoms with van der Waals surface area (Å²) in [4.78, 5) is 3.97. The molecule has 94 valence electrons. The van der Waals surface area contributed by atoms with E-state index in [4.69, 9.17) is 0 Å². The third kappa shape index (κ3) is 3.89. The predicted molar refractivity (Wildman–Crippen MR) is 73.7 cm³/mol. The Balaban J connectivity index is 1.80. The van der Waals surface area contributed by atoms with E-state index in [-0.39, 0.29) is 5.82 Å². The van der Waals surface area contributed by atoms with Gasteiger partial charge in [-0.15, -0.1) is 0 Å². The van der Waals surface area contributed by atoms with Crippen molar-refractivity contribution in [2.75, 3.05) is 6.54 Å². The fourth-order valence-corrected chi connectivity index (χ4v) is 2.07. The van der Waals surface area contributed by atoms with E-state index in [1.807, 2.05) is 12.1 Å². The monoisotopic (exact) mass is 308 g/mol. The van der Waals surface area contributed by atoms with E-state index in [2.05, 4.69) is 26.2 Å². The normalized spacial score (nSPS) is 10.6. The minimum absolute atomic E-state index is 0.205. The number of hydrogen-bond donors (Lipinski definition) is 1. The van der Waals surface area contributed by atoms with Crippen molar-refractivity contribution in [3.05, 3.63) is 64.1 Å². The molecule has 1 N–H and O–H groups in total. The number of rotatable bonds is 5. The van der Waals surface area contributed by atoms with Gasteiger partial charge >= 0.3 is 0 Å². The Bertz CT molecular complexity index is 502. The van der Waals surface area contributed by atoms with E-state index < -0.39 is 0 Å². The van der Waals surface area contributed by atoms with Gasteiger partial charge in [0.15, 0.2) is 0 Å². The third-order valence-corrected chi connectivity index (χ3v) is 3.44. The highest BCUT2D eigenvalue weighted by molar-refractivity contribution is 9.10. The maximum Gasteiger partial charge on any atom is 0.123 e. The van der Waals surface area contributed by atoms with Crippen LogP contribution in [0.4, 0.5) is 4.39 Å². The van der Waals surface area contributed by atoms with E-state index in [1.54, 1.807) is 24.5 Å². The average Bonchev–Trinajstić information content (AvgIpc) is 2.40. The molecular formula is C14H14BrFN2. The second-order valence-corrected chi connectivity index (χ2v) is 4.87. The third-order valence-electron chi connectivity index (χ3n) is 2.66. The summed E-state index contributed by atoms with van der Waals surface area (Å²) >= 11 is 3.41. The molecular weight excluding hydrogens is 295 g/mol. The van der Waals surface area contributed by atoms with Gasteiger partial charge in [0.25, 0.3) is 0 Å². The van der Waals surface area contributed by atoms with Gasteiger partial charge in [0.2, 0.25) is 0 Å². The molecule has 1 aromatic carbocycles. The highest BCUT2D eigenvalue weighted by atomic mass is 79.9. The number of halogens is 2. The summed E-state index contributed by atoms with van der Waals surface area (Å²) in [5.74, 6) is -0.205. The van der Waals surface area contributed by atoms with Gasteiger partial charge in [0.05, 0.1) is 0 Å². The lowest BCUT2D eigenvalue weighted by atomic mass is 10.2. The highest BCUT2D eigenvalue weighted by Gasteiger charge is 2.01. The SMILES string of the molecule is Fc1ccc(Br)c(CNCCc2ccncc2)c1. The number of nitrogens with zero attached hydrogens (tertiary/aromatic N) is 1. The summed E-state index contributed by atoms with van der Waals surface area (Å²) < 4.78 is 14.0. The van der Waals surface area contributed by atoms with Crippen LogP contribution in [0.3, 0.4) is 0 Å². The Morgan fingerprint density at radius 1 is 1.17 bits per heavy atom.